The van der Waals surface area contributed by atoms with Gasteiger partial charge in [0.15, 0.2) is 11.5 Å². The number of hydrogen-bond donors (Lipinski definition) is 0. The summed E-state index contributed by atoms with van der Waals surface area (Å²) in [7, 11) is 1.31. The van der Waals surface area contributed by atoms with E-state index in [9.17, 15) is 9.59 Å². The van der Waals surface area contributed by atoms with Crippen molar-refractivity contribution in [1.82, 2.24) is 0 Å². The van der Waals surface area contributed by atoms with Gasteiger partial charge in [0.2, 0.25) is 0 Å². The van der Waals surface area contributed by atoms with Crippen molar-refractivity contribution in [3.8, 4) is 11.5 Å². The molecule has 1 aliphatic rings. The van der Waals surface area contributed by atoms with Crippen LogP contribution >= 0.6 is 15.9 Å². The van der Waals surface area contributed by atoms with Gasteiger partial charge in [-0.15, -0.1) is 0 Å². The maximum Gasteiger partial charge on any atom is 0.340 e. The van der Waals surface area contributed by atoms with E-state index < -0.39 is 5.97 Å². The van der Waals surface area contributed by atoms with Crippen LogP contribution < -0.4 is 14.4 Å². The van der Waals surface area contributed by atoms with Gasteiger partial charge in [0.1, 0.15) is 0 Å². The lowest BCUT2D eigenvalue weighted by Gasteiger charge is -2.18. The molecule has 2 aromatic carbocycles. The number of esters is 1. The van der Waals surface area contributed by atoms with Crippen LogP contribution in [0.2, 0.25) is 0 Å². The number of methoxy groups -OCH3 is 1. The number of ether oxygens (including phenoxy) is 3. The summed E-state index contributed by atoms with van der Waals surface area (Å²) in [5, 5.41) is 0. The fraction of sp³-hybridized carbons (Fsp3) is 0.280. The molecule has 0 saturated carbocycles. The number of rotatable bonds is 8. The minimum absolute atomic E-state index is 0.238. The van der Waals surface area contributed by atoms with Crippen molar-refractivity contribution in [3.63, 3.8) is 0 Å². The molecule has 1 amide bonds. The van der Waals surface area contributed by atoms with E-state index >= 15 is 0 Å². The smallest absolute Gasteiger partial charge is 0.340 e. The number of carbonyl (C=O) groups is 2. The van der Waals surface area contributed by atoms with Crippen LogP contribution in [0.5, 0.6) is 11.5 Å². The van der Waals surface area contributed by atoms with Crippen molar-refractivity contribution in [2.24, 2.45) is 0 Å². The number of amides is 1. The number of nitrogens with zero attached hydrogens (tertiary/aromatic N) is 1. The van der Waals surface area contributed by atoms with Gasteiger partial charge in [-0.1, -0.05) is 35.0 Å². The Morgan fingerprint density at radius 2 is 1.88 bits per heavy atom. The molecule has 0 radical (unpaired) electrons. The topological polar surface area (TPSA) is 65.1 Å². The first-order chi connectivity index (χ1) is 15.4. The molecular weight excluding hydrogens is 474 g/mol. The molecule has 6 nitrogen and oxygen atoms in total. The van der Waals surface area contributed by atoms with Gasteiger partial charge < -0.3 is 14.2 Å². The first kappa shape index (κ1) is 23.6. The summed E-state index contributed by atoms with van der Waals surface area (Å²) < 4.78 is 17.3. The summed E-state index contributed by atoms with van der Waals surface area (Å²) >= 11 is 3.44. The molecule has 0 unspecified atom stereocenters. The lowest BCUT2D eigenvalue weighted by molar-refractivity contribution is -0.136. The molecule has 0 aliphatic carbocycles. The zero-order chi connectivity index (χ0) is 23.3. The molecule has 0 atom stereocenters. The predicted octanol–water partition coefficient (Wildman–Crippen LogP) is 5.51. The highest BCUT2D eigenvalue weighted by Gasteiger charge is 2.38. The molecule has 7 heteroatoms. The molecule has 2 aromatic rings. The van der Waals surface area contributed by atoms with Crippen LogP contribution in [-0.2, 0) is 14.3 Å². The van der Waals surface area contributed by atoms with Gasteiger partial charge in [0.05, 0.1) is 37.2 Å². The second-order valence-electron chi connectivity index (χ2n) is 7.12. The van der Waals surface area contributed by atoms with E-state index in [2.05, 4.69) is 15.9 Å². The fourth-order valence-electron chi connectivity index (χ4n) is 3.49. The van der Waals surface area contributed by atoms with Crippen LogP contribution in [0.3, 0.4) is 0 Å². The highest BCUT2D eigenvalue weighted by Crippen LogP contribution is 2.37. The maximum atomic E-state index is 13.4. The predicted molar refractivity (Wildman–Crippen MR) is 128 cm³/mol. The van der Waals surface area contributed by atoms with Gasteiger partial charge in [0, 0.05) is 10.2 Å². The summed E-state index contributed by atoms with van der Waals surface area (Å²) in [6, 6.07) is 12.8. The third kappa shape index (κ3) is 4.88. The lowest BCUT2D eigenvalue weighted by atomic mass is 10.0. The Labute approximate surface area is 196 Å². The number of allylic oxidation sites excluding steroid dienone is 1. The van der Waals surface area contributed by atoms with E-state index in [1.165, 1.54) is 12.0 Å². The third-order valence-electron chi connectivity index (χ3n) is 4.90. The van der Waals surface area contributed by atoms with Crippen LogP contribution in [0.15, 0.2) is 63.8 Å². The Morgan fingerprint density at radius 1 is 1.09 bits per heavy atom. The standard InChI is InChI=1S/C25H26BrNO5/c1-5-12-32-21-11-10-17(14-22(21)31-6-2)13-20-23(25(29)30-4)16(3)27(24(20)28)19-9-7-8-18(26)15-19/h7-11,13-15H,5-6,12H2,1-4H3/b20-13-. The minimum atomic E-state index is -0.562. The summed E-state index contributed by atoms with van der Waals surface area (Å²) in [4.78, 5) is 27.5. The zero-order valence-corrected chi connectivity index (χ0v) is 20.2. The van der Waals surface area contributed by atoms with Gasteiger partial charge in [-0.2, -0.15) is 0 Å². The summed E-state index contributed by atoms with van der Waals surface area (Å²) in [5.74, 6) is 0.368. The molecule has 0 bridgehead atoms. The summed E-state index contributed by atoms with van der Waals surface area (Å²) in [6.45, 7) is 6.72. The molecule has 0 spiro atoms. The number of carbonyl (C=O) groups excluding carboxylic acids is 2. The minimum Gasteiger partial charge on any atom is -0.490 e. The van der Waals surface area contributed by atoms with Crippen LogP contribution in [0.1, 0.15) is 32.8 Å². The number of hydrogen-bond acceptors (Lipinski definition) is 5. The highest BCUT2D eigenvalue weighted by atomic mass is 79.9. The van der Waals surface area contributed by atoms with Crippen molar-refractivity contribution in [2.75, 3.05) is 25.2 Å². The van der Waals surface area contributed by atoms with Gasteiger partial charge in [-0.05, 0) is 62.2 Å². The molecule has 1 aliphatic heterocycles. The summed E-state index contributed by atoms with van der Waals surface area (Å²) in [5.41, 5.74) is 2.39. The van der Waals surface area contributed by atoms with Crippen molar-refractivity contribution in [2.45, 2.75) is 27.2 Å². The molecule has 32 heavy (non-hydrogen) atoms. The van der Waals surface area contributed by atoms with E-state index in [0.29, 0.717) is 41.7 Å². The van der Waals surface area contributed by atoms with Gasteiger partial charge >= 0.3 is 5.97 Å². The number of anilines is 1. The highest BCUT2D eigenvalue weighted by molar-refractivity contribution is 9.10. The molecule has 168 valence electrons. The van der Waals surface area contributed by atoms with Crippen molar-refractivity contribution >= 4 is 39.6 Å². The Bertz CT molecular complexity index is 1090. The number of benzene rings is 2. The molecular formula is C25H26BrNO5. The average Bonchev–Trinajstić information content (AvgIpc) is 3.02. The van der Waals surface area contributed by atoms with Gasteiger partial charge in [0.25, 0.3) is 5.91 Å². The Kier molecular flexibility index (Phi) is 7.75. The molecule has 0 aromatic heterocycles. The fourth-order valence-corrected chi connectivity index (χ4v) is 3.87. The molecule has 3 rings (SSSR count). The van der Waals surface area contributed by atoms with E-state index in [1.807, 2.05) is 50.2 Å². The van der Waals surface area contributed by atoms with Crippen molar-refractivity contribution < 1.29 is 23.8 Å². The summed E-state index contributed by atoms with van der Waals surface area (Å²) in [6.07, 6.45) is 2.56. The first-order valence-corrected chi connectivity index (χ1v) is 11.2. The molecule has 0 saturated heterocycles. The Morgan fingerprint density at radius 3 is 2.53 bits per heavy atom. The third-order valence-corrected chi connectivity index (χ3v) is 5.39. The number of halogens is 1. The molecule has 0 fully saturated rings. The lowest BCUT2D eigenvalue weighted by Crippen LogP contribution is -2.24. The van der Waals surface area contributed by atoms with Gasteiger partial charge in [-0.25, -0.2) is 4.79 Å². The van der Waals surface area contributed by atoms with Crippen LogP contribution in [0.25, 0.3) is 6.08 Å². The molecule has 1 heterocycles. The molecule has 0 N–H and O–H groups in total. The van der Waals surface area contributed by atoms with Crippen LogP contribution in [0.4, 0.5) is 5.69 Å². The second kappa shape index (κ2) is 10.5. The van der Waals surface area contributed by atoms with Crippen molar-refractivity contribution in [1.29, 1.82) is 0 Å². The zero-order valence-electron chi connectivity index (χ0n) is 18.6. The van der Waals surface area contributed by atoms with E-state index in [-0.39, 0.29) is 17.1 Å². The average molecular weight is 500 g/mol. The Hall–Kier alpha value is -3.06. The maximum absolute atomic E-state index is 13.4. The van der Waals surface area contributed by atoms with E-state index in [1.54, 1.807) is 19.1 Å². The monoisotopic (exact) mass is 499 g/mol. The Balaban J connectivity index is 2.08. The first-order valence-electron chi connectivity index (χ1n) is 10.4. The van der Waals surface area contributed by atoms with Gasteiger partial charge in [-0.3, -0.25) is 9.69 Å². The normalized spacial score (nSPS) is 14.8. The largest absolute Gasteiger partial charge is 0.490 e. The quantitative estimate of drug-likeness (QED) is 0.353. The van der Waals surface area contributed by atoms with Crippen LogP contribution in [-0.4, -0.2) is 32.2 Å². The SMILES string of the molecule is CCCOc1ccc(/C=C2\C(=O)N(c3cccc(Br)c3)C(C)=C2C(=O)OC)cc1OCC. The van der Waals surface area contributed by atoms with E-state index in [0.717, 1.165) is 10.9 Å². The second-order valence-corrected chi connectivity index (χ2v) is 8.03. The van der Waals surface area contributed by atoms with Crippen molar-refractivity contribution in [3.05, 3.63) is 69.3 Å². The van der Waals surface area contributed by atoms with E-state index in [4.69, 9.17) is 14.2 Å². The van der Waals surface area contributed by atoms with Crippen LogP contribution in [0, 0.1) is 0 Å².